The average Bonchev–Trinajstić information content (AvgIpc) is 2.69. The van der Waals surface area contributed by atoms with E-state index in [-0.39, 0.29) is 11.1 Å². The molecule has 19 heavy (non-hydrogen) atoms. The number of hydrogen-bond acceptors (Lipinski definition) is 4. The lowest BCUT2D eigenvalue weighted by Crippen LogP contribution is -2.22. The zero-order valence-corrected chi connectivity index (χ0v) is 10.5. The van der Waals surface area contributed by atoms with Crippen LogP contribution < -0.4 is 5.01 Å². The molecule has 5 nitrogen and oxygen atoms in total. The maximum Gasteiger partial charge on any atom is 0.282 e. The molecule has 0 bridgehead atoms. The minimum atomic E-state index is -0.445. The molecule has 0 spiro atoms. The molecule has 1 aromatic rings. The normalized spacial score (nSPS) is 13.9. The zero-order chi connectivity index (χ0) is 14.0. The third kappa shape index (κ3) is 2.10. The molecule has 1 aromatic carbocycles. The van der Waals surface area contributed by atoms with Crippen LogP contribution in [0.2, 0.25) is 0 Å². The first-order valence-electron chi connectivity index (χ1n) is 5.59. The third-order valence-corrected chi connectivity index (χ3v) is 2.77. The zero-order valence-electron chi connectivity index (χ0n) is 10.5. The summed E-state index contributed by atoms with van der Waals surface area (Å²) in [6.45, 7) is 3.55. The van der Waals surface area contributed by atoms with Gasteiger partial charge in [-0.15, -0.1) is 0 Å². The Morgan fingerprint density at radius 1 is 1.16 bits per heavy atom. The van der Waals surface area contributed by atoms with Crippen LogP contribution in [0.5, 0.6) is 0 Å². The van der Waals surface area contributed by atoms with Crippen LogP contribution in [0.15, 0.2) is 40.5 Å². The first kappa shape index (κ1) is 12.5. The predicted molar refractivity (Wildman–Crippen MR) is 70.0 cm³/mol. The van der Waals surface area contributed by atoms with Crippen molar-refractivity contribution in [1.29, 1.82) is 10.5 Å². The van der Waals surface area contributed by atoms with Crippen LogP contribution in [-0.2, 0) is 4.79 Å². The summed E-state index contributed by atoms with van der Waals surface area (Å²) in [5.74, 6) is -0.445. The molecule has 1 amide bonds. The highest BCUT2D eigenvalue weighted by atomic mass is 16.2. The highest BCUT2D eigenvalue weighted by Crippen LogP contribution is 2.25. The van der Waals surface area contributed by atoms with Crippen LogP contribution in [-0.4, -0.2) is 11.6 Å². The number of carbonyl (C=O) groups excluding carboxylic acids is 1. The number of nitriles is 2. The van der Waals surface area contributed by atoms with E-state index < -0.39 is 5.91 Å². The number of carbonyl (C=O) groups is 1. The molecule has 0 saturated carbocycles. The van der Waals surface area contributed by atoms with Crippen molar-refractivity contribution in [1.82, 2.24) is 0 Å². The number of amides is 1. The first-order chi connectivity index (χ1) is 9.08. The number of anilines is 1. The van der Waals surface area contributed by atoms with Gasteiger partial charge in [0.25, 0.3) is 5.91 Å². The SMILES string of the molecule is CC1=NN(c2ccc(C)cc2)C(=O)C1=C(C#N)C#N. The van der Waals surface area contributed by atoms with Crippen LogP contribution in [0.25, 0.3) is 0 Å². The number of allylic oxidation sites excluding steroid dienone is 1. The van der Waals surface area contributed by atoms with Crippen molar-refractivity contribution in [3.63, 3.8) is 0 Å². The summed E-state index contributed by atoms with van der Waals surface area (Å²) < 4.78 is 0. The van der Waals surface area contributed by atoms with Gasteiger partial charge in [0.2, 0.25) is 0 Å². The van der Waals surface area contributed by atoms with E-state index in [4.69, 9.17) is 10.5 Å². The van der Waals surface area contributed by atoms with Crippen molar-refractivity contribution in [2.24, 2.45) is 5.10 Å². The predicted octanol–water partition coefficient (Wildman–Crippen LogP) is 2.06. The molecule has 0 aliphatic carbocycles. The van der Waals surface area contributed by atoms with Gasteiger partial charge in [-0.2, -0.15) is 20.6 Å². The van der Waals surface area contributed by atoms with Crippen molar-refractivity contribution in [3.05, 3.63) is 41.0 Å². The summed E-state index contributed by atoms with van der Waals surface area (Å²) in [7, 11) is 0. The van der Waals surface area contributed by atoms with Gasteiger partial charge in [0.15, 0.2) is 0 Å². The number of aryl methyl sites for hydroxylation is 1. The summed E-state index contributed by atoms with van der Waals surface area (Å²) in [5.41, 5.74) is 1.93. The molecule has 0 N–H and O–H groups in total. The molecule has 0 radical (unpaired) electrons. The van der Waals surface area contributed by atoms with Crippen molar-refractivity contribution < 1.29 is 4.79 Å². The number of nitrogens with zero attached hydrogens (tertiary/aromatic N) is 4. The van der Waals surface area contributed by atoms with Gasteiger partial charge < -0.3 is 0 Å². The quantitative estimate of drug-likeness (QED) is 0.565. The summed E-state index contributed by atoms with van der Waals surface area (Å²) in [4.78, 5) is 12.2. The van der Waals surface area contributed by atoms with Gasteiger partial charge in [0.1, 0.15) is 17.7 Å². The number of hydrogen-bond donors (Lipinski definition) is 0. The van der Waals surface area contributed by atoms with Crippen molar-refractivity contribution in [2.75, 3.05) is 5.01 Å². The van der Waals surface area contributed by atoms with Gasteiger partial charge in [-0.05, 0) is 26.0 Å². The maximum atomic E-state index is 12.2. The van der Waals surface area contributed by atoms with Crippen LogP contribution in [0.1, 0.15) is 12.5 Å². The molecule has 0 unspecified atom stereocenters. The maximum absolute atomic E-state index is 12.2. The Morgan fingerprint density at radius 2 is 1.74 bits per heavy atom. The van der Waals surface area contributed by atoms with Crippen LogP contribution in [0, 0.1) is 29.6 Å². The lowest BCUT2D eigenvalue weighted by molar-refractivity contribution is -0.114. The molecular weight excluding hydrogens is 240 g/mol. The molecule has 2 rings (SSSR count). The molecule has 0 saturated heterocycles. The van der Waals surface area contributed by atoms with Gasteiger partial charge in [-0.25, -0.2) is 0 Å². The van der Waals surface area contributed by atoms with Gasteiger partial charge in [-0.3, -0.25) is 4.79 Å². The van der Waals surface area contributed by atoms with Gasteiger partial charge >= 0.3 is 0 Å². The van der Waals surface area contributed by atoms with E-state index in [2.05, 4.69) is 5.10 Å². The first-order valence-corrected chi connectivity index (χ1v) is 5.59. The fourth-order valence-corrected chi connectivity index (χ4v) is 1.79. The molecule has 0 atom stereocenters. The second-order valence-electron chi connectivity index (χ2n) is 4.11. The molecule has 0 aromatic heterocycles. The Morgan fingerprint density at radius 3 is 2.26 bits per heavy atom. The Kier molecular flexibility index (Phi) is 3.14. The van der Waals surface area contributed by atoms with Crippen LogP contribution in [0.4, 0.5) is 5.69 Å². The largest absolute Gasteiger partial charge is 0.282 e. The lowest BCUT2D eigenvalue weighted by atomic mass is 10.1. The molecule has 1 aliphatic rings. The summed E-state index contributed by atoms with van der Waals surface area (Å²) in [5, 5.41) is 23.0. The van der Waals surface area contributed by atoms with E-state index in [0.29, 0.717) is 11.4 Å². The number of hydrazone groups is 1. The minimum Gasteiger partial charge on any atom is -0.267 e. The Balaban J connectivity index is 2.48. The Hall–Kier alpha value is -2.92. The molecule has 92 valence electrons. The average molecular weight is 250 g/mol. The third-order valence-electron chi connectivity index (χ3n) is 2.77. The molecule has 5 heteroatoms. The standard InChI is InChI=1S/C14H10N4O/c1-9-3-5-12(6-4-9)18-14(19)13(10(2)17-18)11(7-15)8-16/h3-6H,1-2H3. The van der Waals surface area contributed by atoms with Crippen LogP contribution >= 0.6 is 0 Å². The van der Waals surface area contributed by atoms with E-state index >= 15 is 0 Å². The molecule has 0 fully saturated rings. The smallest absolute Gasteiger partial charge is 0.267 e. The molecule has 1 aliphatic heterocycles. The second kappa shape index (κ2) is 4.75. The van der Waals surface area contributed by atoms with Crippen molar-refractivity contribution in [3.8, 4) is 12.1 Å². The summed E-state index contributed by atoms with van der Waals surface area (Å²) in [6, 6.07) is 10.7. The second-order valence-corrected chi connectivity index (χ2v) is 4.11. The van der Waals surface area contributed by atoms with E-state index in [1.165, 1.54) is 5.01 Å². The molecule has 1 heterocycles. The van der Waals surface area contributed by atoms with E-state index in [0.717, 1.165) is 5.56 Å². The van der Waals surface area contributed by atoms with Gasteiger partial charge in [0.05, 0.1) is 17.0 Å². The van der Waals surface area contributed by atoms with Crippen molar-refractivity contribution >= 4 is 17.3 Å². The van der Waals surface area contributed by atoms with E-state index in [9.17, 15) is 4.79 Å². The lowest BCUT2D eigenvalue weighted by Gasteiger charge is -2.11. The highest BCUT2D eigenvalue weighted by Gasteiger charge is 2.31. The summed E-state index contributed by atoms with van der Waals surface area (Å²) >= 11 is 0. The fraction of sp³-hybridized carbons (Fsp3) is 0.143. The molecular formula is C14H10N4O. The van der Waals surface area contributed by atoms with E-state index in [1.807, 2.05) is 19.1 Å². The van der Waals surface area contributed by atoms with E-state index in [1.54, 1.807) is 31.2 Å². The monoisotopic (exact) mass is 250 g/mol. The topological polar surface area (TPSA) is 80.2 Å². The van der Waals surface area contributed by atoms with Gasteiger partial charge in [-0.1, -0.05) is 17.7 Å². The Labute approximate surface area is 110 Å². The highest BCUT2D eigenvalue weighted by molar-refractivity contribution is 6.30. The minimum absolute atomic E-state index is 0.0746. The fourth-order valence-electron chi connectivity index (χ4n) is 1.79. The van der Waals surface area contributed by atoms with Crippen molar-refractivity contribution in [2.45, 2.75) is 13.8 Å². The number of rotatable bonds is 1. The van der Waals surface area contributed by atoms with Crippen LogP contribution in [0.3, 0.4) is 0 Å². The Bertz CT molecular complexity index is 668. The van der Waals surface area contributed by atoms with Gasteiger partial charge in [0, 0.05) is 0 Å². The number of benzene rings is 1. The summed E-state index contributed by atoms with van der Waals surface area (Å²) in [6.07, 6.45) is 0.